The lowest BCUT2D eigenvalue weighted by atomic mass is 9.93. The molecule has 0 saturated heterocycles. The van der Waals surface area contributed by atoms with Crippen molar-refractivity contribution in [3.05, 3.63) is 94.0 Å². The predicted octanol–water partition coefficient (Wildman–Crippen LogP) is 4.37. The lowest BCUT2D eigenvalue weighted by molar-refractivity contribution is 0.0954. The molecule has 0 heterocycles. The van der Waals surface area contributed by atoms with Crippen LogP contribution >= 0.6 is 11.6 Å². The van der Waals surface area contributed by atoms with Crippen molar-refractivity contribution in [1.29, 1.82) is 0 Å². The van der Waals surface area contributed by atoms with Gasteiger partial charge in [-0.05, 0) is 73.7 Å². The van der Waals surface area contributed by atoms with E-state index in [0.717, 1.165) is 11.1 Å². The number of phenols is 2. The first-order chi connectivity index (χ1) is 16.1. The third kappa shape index (κ3) is 7.48. The van der Waals surface area contributed by atoms with Gasteiger partial charge in [0.2, 0.25) is 0 Å². The summed E-state index contributed by atoms with van der Waals surface area (Å²) < 4.78 is 0. The molecular formula is C27H31ClN2O4. The van der Waals surface area contributed by atoms with Crippen LogP contribution in [0.1, 0.15) is 47.0 Å². The van der Waals surface area contributed by atoms with Crippen LogP contribution in [0.3, 0.4) is 0 Å². The SMILES string of the molecule is CC(C)(Cc1cccc(C(=O)NCCc2ccccc2Cl)c1)NC[C@H](O)c1cc(O)cc(O)c1. The summed E-state index contributed by atoms with van der Waals surface area (Å²) in [6, 6.07) is 19.1. The number of carbonyl (C=O) groups is 1. The van der Waals surface area contributed by atoms with E-state index in [1.165, 1.54) is 18.2 Å². The van der Waals surface area contributed by atoms with Crippen molar-refractivity contribution < 1.29 is 20.1 Å². The highest BCUT2D eigenvalue weighted by Crippen LogP contribution is 2.25. The summed E-state index contributed by atoms with van der Waals surface area (Å²) in [5, 5.41) is 36.7. The molecular weight excluding hydrogens is 452 g/mol. The highest BCUT2D eigenvalue weighted by Gasteiger charge is 2.21. The zero-order chi connectivity index (χ0) is 24.7. The number of aliphatic hydroxyl groups is 1. The van der Waals surface area contributed by atoms with Crippen molar-refractivity contribution in [2.45, 2.75) is 38.3 Å². The lowest BCUT2D eigenvalue weighted by Gasteiger charge is -2.28. The van der Waals surface area contributed by atoms with Crippen LogP contribution < -0.4 is 10.6 Å². The molecule has 0 aliphatic rings. The normalized spacial score (nSPS) is 12.4. The molecule has 5 N–H and O–H groups in total. The molecule has 6 nitrogen and oxygen atoms in total. The van der Waals surface area contributed by atoms with E-state index in [1.807, 2.05) is 56.3 Å². The summed E-state index contributed by atoms with van der Waals surface area (Å²) in [4.78, 5) is 12.6. The van der Waals surface area contributed by atoms with Crippen molar-refractivity contribution in [2.75, 3.05) is 13.1 Å². The topological polar surface area (TPSA) is 102 Å². The van der Waals surface area contributed by atoms with Crippen LogP contribution in [0.2, 0.25) is 5.02 Å². The monoisotopic (exact) mass is 482 g/mol. The number of β-amino-alcohol motifs (C(OH)–C–C–N with tert-alkyl or cyclic N) is 1. The van der Waals surface area contributed by atoms with Gasteiger partial charge in [-0.3, -0.25) is 4.79 Å². The highest BCUT2D eigenvalue weighted by atomic mass is 35.5. The van der Waals surface area contributed by atoms with Crippen LogP contribution in [-0.2, 0) is 12.8 Å². The van der Waals surface area contributed by atoms with E-state index < -0.39 is 6.10 Å². The Morgan fingerprint density at radius 2 is 1.71 bits per heavy atom. The zero-order valence-electron chi connectivity index (χ0n) is 19.4. The van der Waals surface area contributed by atoms with Crippen LogP contribution in [0, 0.1) is 0 Å². The fraction of sp³-hybridized carbons (Fsp3) is 0.296. The van der Waals surface area contributed by atoms with Crippen molar-refractivity contribution >= 4 is 17.5 Å². The van der Waals surface area contributed by atoms with E-state index in [-0.39, 0.29) is 29.5 Å². The van der Waals surface area contributed by atoms with E-state index in [1.54, 1.807) is 6.07 Å². The zero-order valence-corrected chi connectivity index (χ0v) is 20.1. The molecule has 180 valence electrons. The van der Waals surface area contributed by atoms with Gasteiger partial charge < -0.3 is 26.0 Å². The Hall–Kier alpha value is -3.06. The van der Waals surface area contributed by atoms with E-state index >= 15 is 0 Å². The molecule has 0 aromatic heterocycles. The number of halogens is 1. The van der Waals surface area contributed by atoms with Crippen LogP contribution in [0.25, 0.3) is 0 Å². The van der Waals surface area contributed by atoms with E-state index in [4.69, 9.17) is 11.6 Å². The van der Waals surface area contributed by atoms with Crippen molar-refractivity contribution in [1.82, 2.24) is 10.6 Å². The molecule has 1 atom stereocenters. The summed E-state index contributed by atoms with van der Waals surface area (Å²) in [6.45, 7) is 4.74. The maximum Gasteiger partial charge on any atom is 0.251 e. The number of hydrogen-bond acceptors (Lipinski definition) is 5. The molecule has 0 unspecified atom stereocenters. The molecule has 3 rings (SSSR count). The number of phenolic OH excluding ortho intramolecular Hbond substituents is 2. The second-order valence-electron chi connectivity index (χ2n) is 9.04. The molecule has 7 heteroatoms. The molecule has 0 fully saturated rings. The summed E-state index contributed by atoms with van der Waals surface area (Å²) in [7, 11) is 0. The first-order valence-corrected chi connectivity index (χ1v) is 11.6. The lowest BCUT2D eigenvalue weighted by Crippen LogP contribution is -2.43. The summed E-state index contributed by atoms with van der Waals surface area (Å²) in [5.41, 5.74) is 2.62. The molecule has 0 aliphatic heterocycles. The van der Waals surface area contributed by atoms with E-state index in [9.17, 15) is 20.1 Å². The van der Waals surface area contributed by atoms with Crippen LogP contribution in [0.15, 0.2) is 66.7 Å². The number of rotatable bonds is 10. The van der Waals surface area contributed by atoms with Crippen molar-refractivity contribution in [3.63, 3.8) is 0 Å². The quantitative estimate of drug-likeness (QED) is 0.295. The third-order valence-electron chi connectivity index (χ3n) is 5.56. The Bertz CT molecular complexity index is 1110. The van der Waals surface area contributed by atoms with Crippen molar-refractivity contribution in [2.24, 2.45) is 0 Å². The summed E-state index contributed by atoms with van der Waals surface area (Å²) >= 11 is 6.18. The Balaban J connectivity index is 1.54. The van der Waals surface area contributed by atoms with Gasteiger partial charge in [-0.1, -0.05) is 41.9 Å². The highest BCUT2D eigenvalue weighted by molar-refractivity contribution is 6.31. The smallest absolute Gasteiger partial charge is 0.251 e. The van der Waals surface area contributed by atoms with Gasteiger partial charge in [0.15, 0.2) is 0 Å². The minimum absolute atomic E-state index is 0.102. The van der Waals surface area contributed by atoms with Gasteiger partial charge in [0.1, 0.15) is 11.5 Å². The Morgan fingerprint density at radius 3 is 2.41 bits per heavy atom. The molecule has 0 bridgehead atoms. The second-order valence-corrected chi connectivity index (χ2v) is 9.44. The minimum atomic E-state index is -0.896. The maximum atomic E-state index is 12.6. The number of benzene rings is 3. The number of hydrogen-bond donors (Lipinski definition) is 5. The predicted molar refractivity (Wildman–Crippen MR) is 134 cm³/mol. The standard InChI is InChI=1S/C27H31ClN2O4/c1-27(2,30-17-25(33)21-13-22(31)15-23(32)14-21)16-18-6-5-8-20(12-18)26(34)29-11-10-19-7-3-4-9-24(19)28/h3-9,12-15,25,30-33H,10-11,16-17H2,1-2H3,(H,29,34)/t25-/m0/s1. The first kappa shape index (κ1) is 25.6. The number of nitrogens with one attached hydrogen (secondary N) is 2. The van der Waals surface area contributed by atoms with Crippen LogP contribution in [-0.4, -0.2) is 39.9 Å². The fourth-order valence-corrected chi connectivity index (χ4v) is 4.04. The third-order valence-corrected chi connectivity index (χ3v) is 5.93. The van der Waals surface area contributed by atoms with Gasteiger partial charge in [-0.15, -0.1) is 0 Å². The van der Waals surface area contributed by atoms with E-state index in [0.29, 0.717) is 35.5 Å². The van der Waals surface area contributed by atoms with Gasteiger partial charge in [-0.25, -0.2) is 0 Å². The largest absolute Gasteiger partial charge is 0.508 e. The summed E-state index contributed by atoms with van der Waals surface area (Å²) in [6.07, 6.45) is 0.389. The maximum absolute atomic E-state index is 12.6. The minimum Gasteiger partial charge on any atom is -0.508 e. The molecule has 3 aromatic carbocycles. The molecule has 0 saturated carbocycles. The molecule has 1 amide bonds. The van der Waals surface area contributed by atoms with Gasteiger partial charge >= 0.3 is 0 Å². The average molecular weight is 483 g/mol. The van der Waals surface area contributed by atoms with Gasteiger partial charge in [0, 0.05) is 35.3 Å². The number of carbonyl (C=O) groups excluding carboxylic acids is 1. The Labute approximate surface area is 205 Å². The molecule has 0 radical (unpaired) electrons. The van der Waals surface area contributed by atoms with Gasteiger partial charge in [0.25, 0.3) is 5.91 Å². The molecule has 0 spiro atoms. The average Bonchev–Trinajstić information content (AvgIpc) is 2.78. The molecule has 0 aliphatic carbocycles. The van der Waals surface area contributed by atoms with Gasteiger partial charge in [0.05, 0.1) is 6.10 Å². The van der Waals surface area contributed by atoms with Crippen LogP contribution in [0.4, 0.5) is 0 Å². The Morgan fingerprint density at radius 1 is 1.00 bits per heavy atom. The number of amides is 1. The fourth-order valence-electron chi connectivity index (χ4n) is 3.81. The second kappa shape index (κ2) is 11.4. The number of aliphatic hydroxyl groups excluding tert-OH is 1. The van der Waals surface area contributed by atoms with Gasteiger partial charge in [-0.2, -0.15) is 0 Å². The molecule has 34 heavy (non-hydrogen) atoms. The summed E-state index contributed by atoms with van der Waals surface area (Å²) in [5.74, 6) is -0.343. The number of aromatic hydroxyl groups is 2. The molecule has 3 aromatic rings. The van der Waals surface area contributed by atoms with E-state index in [2.05, 4.69) is 10.6 Å². The van der Waals surface area contributed by atoms with Crippen molar-refractivity contribution in [3.8, 4) is 11.5 Å². The first-order valence-electron chi connectivity index (χ1n) is 11.2. The van der Waals surface area contributed by atoms with Crippen LogP contribution in [0.5, 0.6) is 11.5 Å². The Kier molecular flexibility index (Phi) is 8.56.